The highest BCUT2D eigenvalue weighted by Gasteiger charge is 2.08. The van der Waals surface area contributed by atoms with Gasteiger partial charge < -0.3 is 15.6 Å². The standard InChI is InChI=1S/C24H28N6/c1-18-21(22-6-3-4-7-23(22)29-18)13-16-27-24(25-2)26-15-12-19-8-10-20(11-9-19)30-17-5-14-28-30/h3-11,14,17,29H,12-13,15-16H2,1-2H3,(H2,25,26,27). The van der Waals surface area contributed by atoms with Gasteiger partial charge in [0.25, 0.3) is 0 Å². The van der Waals surface area contributed by atoms with Gasteiger partial charge in [-0.25, -0.2) is 4.68 Å². The Labute approximate surface area is 177 Å². The monoisotopic (exact) mass is 400 g/mol. The van der Waals surface area contributed by atoms with E-state index in [1.807, 2.05) is 24.0 Å². The topological polar surface area (TPSA) is 70.0 Å². The van der Waals surface area contributed by atoms with Crippen LogP contribution in [0, 0.1) is 6.92 Å². The lowest BCUT2D eigenvalue weighted by Gasteiger charge is -2.12. The van der Waals surface area contributed by atoms with E-state index in [1.165, 1.54) is 27.7 Å². The molecule has 4 aromatic rings. The number of nitrogens with one attached hydrogen (secondary N) is 3. The molecule has 6 nitrogen and oxygen atoms in total. The summed E-state index contributed by atoms with van der Waals surface area (Å²) in [4.78, 5) is 7.81. The number of hydrogen-bond donors (Lipinski definition) is 3. The van der Waals surface area contributed by atoms with Gasteiger partial charge in [0.2, 0.25) is 0 Å². The zero-order valence-electron chi connectivity index (χ0n) is 17.5. The molecule has 0 atom stereocenters. The van der Waals surface area contributed by atoms with E-state index in [9.17, 15) is 0 Å². The number of guanidine groups is 1. The maximum atomic E-state index is 4.35. The smallest absolute Gasteiger partial charge is 0.190 e. The molecule has 0 saturated carbocycles. The van der Waals surface area contributed by atoms with E-state index in [1.54, 1.807) is 6.20 Å². The van der Waals surface area contributed by atoms with Crippen LogP contribution in [0.4, 0.5) is 0 Å². The highest BCUT2D eigenvalue weighted by Crippen LogP contribution is 2.21. The van der Waals surface area contributed by atoms with Crippen LogP contribution < -0.4 is 10.6 Å². The fraction of sp³-hybridized carbons (Fsp3) is 0.250. The van der Waals surface area contributed by atoms with Gasteiger partial charge in [-0.1, -0.05) is 30.3 Å². The van der Waals surface area contributed by atoms with Crippen LogP contribution in [0.1, 0.15) is 16.8 Å². The van der Waals surface area contributed by atoms with Gasteiger partial charge in [0.05, 0.1) is 5.69 Å². The average molecular weight is 401 g/mol. The summed E-state index contributed by atoms with van der Waals surface area (Å²) in [6.45, 7) is 3.80. The number of para-hydroxylation sites is 1. The van der Waals surface area contributed by atoms with Crippen molar-refractivity contribution < 1.29 is 0 Å². The molecule has 6 heteroatoms. The molecule has 0 aliphatic carbocycles. The molecule has 2 aromatic heterocycles. The Morgan fingerprint density at radius 2 is 1.77 bits per heavy atom. The van der Waals surface area contributed by atoms with Crippen LogP contribution in [0.3, 0.4) is 0 Å². The zero-order valence-corrected chi connectivity index (χ0v) is 17.5. The number of aromatic nitrogens is 3. The van der Waals surface area contributed by atoms with Crippen molar-refractivity contribution in [1.82, 2.24) is 25.4 Å². The van der Waals surface area contributed by atoms with Gasteiger partial charge in [-0.05, 0) is 55.2 Å². The van der Waals surface area contributed by atoms with Crippen molar-refractivity contribution in [1.29, 1.82) is 0 Å². The summed E-state index contributed by atoms with van der Waals surface area (Å²) in [5.41, 5.74) is 6.15. The molecule has 2 heterocycles. The van der Waals surface area contributed by atoms with E-state index in [0.717, 1.165) is 37.6 Å². The molecule has 0 unspecified atom stereocenters. The van der Waals surface area contributed by atoms with E-state index in [0.29, 0.717) is 0 Å². The molecule has 2 aromatic carbocycles. The van der Waals surface area contributed by atoms with Crippen LogP contribution in [0.2, 0.25) is 0 Å². The Morgan fingerprint density at radius 3 is 2.50 bits per heavy atom. The SMILES string of the molecule is CN=C(NCCc1ccc(-n2cccn2)cc1)NCCc1c(C)[nH]c2ccccc12. The number of rotatable bonds is 7. The third-order valence-electron chi connectivity index (χ3n) is 5.33. The first-order chi connectivity index (χ1) is 14.7. The number of benzene rings is 2. The minimum atomic E-state index is 0.826. The normalized spacial score (nSPS) is 11.7. The highest BCUT2D eigenvalue weighted by molar-refractivity contribution is 5.84. The highest BCUT2D eigenvalue weighted by atomic mass is 15.3. The van der Waals surface area contributed by atoms with Crippen LogP contribution in [0.15, 0.2) is 72.0 Å². The van der Waals surface area contributed by atoms with E-state index in [4.69, 9.17) is 0 Å². The van der Waals surface area contributed by atoms with Crippen LogP contribution in [0.5, 0.6) is 0 Å². The molecule has 0 amide bonds. The van der Waals surface area contributed by atoms with Gasteiger partial charge in [-0.3, -0.25) is 4.99 Å². The lowest BCUT2D eigenvalue weighted by molar-refractivity contribution is 0.783. The molecule has 30 heavy (non-hydrogen) atoms. The molecule has 0 fully saturated rings. The number of aryl methyl sites for hydroxylation is 1. The third-order valence-corrected chi connectivity index (χ3v) is 5.33. The number of H-pyrrole nitrogens is 1. The zero-order chi connectivity index (χ0) is 20.8. The Morgan fingerprint density at radius 1 is 1.00 bits per heavy atom. The number of aromatic amines is 1. The Balaban J connectivity index is 1.24. The summed E-state index contributed by atoms with van der Waals surface area (Å²) in [6.07, 6.45) is 5.62. The first-order valence-electron chi connectivity index (χ1n) is 10.3. The lowest BCUT2D eigenvalue weighted by Crippen LogP contribution is -2.39. The first kappa shape index (κ1) is 19.8. The van der Waals surface area contributed by atoms with E-state index in [-0.39, 0.29) is 0 Å². The summed E-state index contributed by atoms with van der Waals surface area (Å²) < 4.78 is 1.86. The molecule has 0 aliphatic heterocycles. The minimum absolute atomic E-state index is 0.826. The van der Waals surface area contributed by atoms with Crippen molar-refractivity contribution in [3.05, 3.63) is 83.8 Å². The molecule has 0 aliphatic rings. The fourth-order valence-electron chi connectivity index (χ4n) is 3.75. The molecular formula is C24H28N6. The van der Waals surface area contributed by atoms with Gasteiger partial charge in [0.15, 0.2) is 5.96 Å². The molecule has 0 radical (unpaired) electrons. The van der Waals surface area contributed by atoms with Crippen molar-refractivity contribution in [2.75, 3.05) is 20.1 Å². The van der Waals surface area contributed by atoms with Crippen LogP contribution in [0.25, 0.3) is 16.6 Å². The van der Waals surface area contributed by atoms with Gasteiger partial charge in [-0.15, -0.1) is 0 Å². The number of fused-ring (bicyclic) bond motifs is 1. The van der Waals surface area contributed by atoms with Crippen molar-refractivity contribution in [2.45, 2.75) is 19.8 Å². The van der Waals surface area contributed by atoms with Gasteiger partial charge >= 0.3 is 0 Å². The van der Waals surface area contributed by atoms with E-state index >= 15 is 0 Å². The van der Waals surface area contributed by atoms with Crippen LogP contribution in [-0.2, 0) is 12.8 Å². The predicted octanol–water partition coefficient (Wildman–Crippen LogP) is 3.61. The molecule has 4 rings (SSSR count). The molecule has 0 bridgehead atoms. The Bertz CT molecular complexity index is 1110. The largest absolute Gasteiger partial charge is 0.358 e. The van der Waals surface area contributed by atoms with Gasteiger partial charge in [0.1, 0.15) is 0 Å². The van der Waals surface area contributed by atoms with Gasteiger partial charge in [-0.2, -0.15) is 5.10 Å². The third kappa shape index (κ3) is 4.54. The number of aliphatic imine (C=N–C) groups is 1. The van der Waals surface area contributed by atoms with Crippen molar-refractivity contribution >= 4 is 16.9 Å². The van der Waals surface area contributed by atoms with Crippen molar-refractivity contribution in [2.24, 2.45) is 4.99 Å². The summed E-state index contributed by atoms with van der Waals surface area (Å²) in [5.74, 6) is 0.834. The summed E-state index contributed by atoms with van der Waals surface area (Å²) in [6, 6.07) is 18.9. The summed E-state index contributed by atoms with van der Waals surface area (Å²) >= 11 is 0. The molecular weight excluding hydrogens is 372 g/mol. The van der Waals surface area contributed by atoms with E-state index < -0.39 is 0 Å². The lowest BCUT2D eigenvalue weighted by atomic mass is 10.1. The number of nitrogens with zero attached hydrogens (tertiary/aromatic N) is 3. The average Bonchev–Trinajstić information content (AvgIpc) is 3.41. The van der Waals surface area contributed by atoms with E-state index in [2.05, 4.69) is 81.2 Å². The fourth-order valence-corrected chi connectivity index (χ4v) is 3.75. The molecule has 3 N–H and O–H groups in total. The van der Waals surface area contributed by atoms with Crippen molar-refractivity contribution in [3.63, 3.8) is 0 Å². The quantitative estimate of drug-likeness (QED) is 0.328. The van der Waals surface area contributed by atoms with Crippen molar-refractivity contribution in [3.8, 4) is 5.69 Å². The second-order valence-corrected chi connectivity index (χ2v) is 7.32. The predicted molar refractivity (Wildman–Crippen MR) is 123 cm³/mol. The Kier molecular flexibility index (Phi) is 6.13. The first-order valence-corrected chi connectivity index (χ1v) is 10.3. The Hall–Kier alpha value is -3.54. The summed E-state index contributed by atoms with van der Waals surface area (Å²) in [5, 5.41) is 12.4. The van der Waals surface area contributed by atoms with Crippen LogP contribution in [-0.4, -0.2) is 40.9 Å². The molecule has 0 saturated heterocycles. The summed E-state index contributed by atoms with van der Waals surface area (Å²) in [7, 11) is 1.81. The van der Waals surface area contributed by atoms with Crippen LogP contribution >= 0.6 is 0 Å². The molecule has 154 valence electrons. The second kappa shape index (κ2) is 9.31. The number of hydrogen-bond acceptors (Lipinski definition) is 2. The maximum Gasteiger partial charge on any atom is 0.190 e. The molecule has 0 spiro atoms. The second-order valence-electron chi connectivity index (χ2n) is 7.32. The minimum Gasteiger partial charge on any atom is -0.358 e. The maximum absolute atomic E-state index is 4.35. The van der Waals surface area contributed by atoms with Gasteiger partial charge in [0, 0.05) is 49.1 Å².